The molecular formula is C20H26ClIN4O2. The first-order valence-corrected chi connectivity index (χ1v) is 9.16. The van der Waals surface area contributed by atoms with E-state index in [1.165, 1.54) is 0 Å². The molecular weight excluding hydrogens is 491 g/mol. The number of carbonyl (C=O) groups is 1. The van der Waals surface area contributed by atoms with E-state index in [2.05, 4.69) is 20.9 Å². The molecule has 3 N–H and O–H groups in total. The van der Waals surface area contributed by atoms with E-state index in [0.717, 1.165) is 5.75 Å². The van der Waals surface area contributed by atoms with E-state index in [1.54, 1.807) is 31.3 Å². The molecule has 1 unspecified atom stereocenters. The number of carbonyl (C=O) groups excluding carboxylic acids is 1. The van der Waals surface area contributed by atoms with E-state index in [-0.39, 0.29) is 36.0 Å². The normalized spacial score (nSPS) is 11.8. The van der Waals surface area contributed by atoms with E-state index in [0.29, 0.717) is 36.2 Å². The van der Waals surface area contributed by atoms with E-state index in [9.17, 15) is 4.79 Å². The van der Waals surface area contributed by atoms with Crippen LogP contribution in [0.3, 0.4) is 0 Å². The lowest BCUT2D eigenvalue weighted by atomic mass is 10.2. The lowest BCUT2D eigenvalue weighted by Crippen LogP contribution is -2.44. The molecule has 0 radical (unpaired) electrons. The summed E-state index contributed by atoms with van der Waals surface area (Å²) in [6.07, 6.45) is -0.0532. The molecule has 0 aromatic heterocycles. The van der Waals surface area contributed by atoms with Crippen LogP contribution in [0.5, 0.6) is 5.75 Å². The second-order valence-electron chi connectivity index (χ2n) is 5.88. The Kier molecular flexibility index (Phi) is 11.4. The van der Waals surface area contributed by atoms with E-state index < -0.39 is 0 Å². The molecule has 0 spiro atoms. The summed E-state index contributed by atoms with van der Waals surface area (Å²) >= 11 is 5.87. The Hall–Kier alpha value is -2.00. The van der Waals surface area contributed by atoms with Crippen molar-refractivity contribution in [1.82, 2.24) is 16.0 Å². The number of ether oxygens (including phenoxy) is 1. The number of aliphatic imine (C=N–C) groups is 1. The molecule has 0 saturated heterocycles. The number of guanidine groups is 1. The van der Waals surface area contributed by atoms with Crippen LogP contribution < -0.4 is 20.7 Å². The van der Waals surface area contributed by atoms with Crippen LogP contribution in [0.25, 0.3) is 0 Å². The van der Waals surface area contributed by atoms with Gasteiger partial charge in [-0.25, -0.2) is 0 Å². The number of hydrogen-bond donors (Lipinski definition) is 3. The van der Waals surface area contributed by atoms with Gasteiger partial charge in [0, 0.05) is 30.7 Å². The molecule has 2 rings (SSSR count). The maximum absolute atomic E-state index is 12.0. The van der Waals surface area contributed by atoms with Crippen molar-refractivity contribution in [2.45, 2.75) is 13.0 Å². The Morgan fingerprint density at radius 3 is 2.32 bits per heavy atom. The van der Waals surface area contributed by atoms with Gasteiger partial charge in [-0.2, -0.15) is 0 Å². The average Bonchev–Trinajstić information content (AvgIpc) is 2.69. The minimum Gasteiger partial charge on any atom is -0.489 e. The first kappa shape index (κ1) is 24.0. The molecule has 0 aliphatic carbocycles. The van der Waals surface area contributed by atoms with Gasteiger partial charge in [0.1, 0.15) is 11.9 Å². The average molecular weight is 517 g/mol. The summed E-state index contributed by atoms with van der Waals surface area (Å²) in [5.74, 6) is 1.32. The zero-order valence-corrected chi connectivity index (χ0v) is 19.0. The lowest BCUT2D eigenvalue weighted by Gasteiger charge is -2.18. The van der Waals surface area contributed by atoms with Gasteiger partial charge in [-0.05, 0) is 43.3 Å². The largest absolute Gasteiger partial charge is 0.489 e. The molecule has 0 heterocycles. The molecule has 1 amide bonds. The van der Waals surface area contributed by atoms with Crippen molar-refractivity contribution in [2.75, 3.05) is 26.7 Å². The zero-order valence-electron chi connectivity index (χ0n) is 15.9. The topological polar surface area (TPSA) is 74.8 Å². The lowest BCUT2D eigenvalue weighted by molar-refractivity contribution is 0.0954. The number of rotatable bonds is 8. The number of benzene rings is 2. The van der Waals surface area contributed by atoms with Crippen molar-refractivity contribution in [3.63, 3.8) is 0 Å². The summed E-state index contributed by atoms with van der Waals surface area (Å²) in [7, 11) is 1.70. The Balaban J connectivity index is 0.00000392. The monoisotopic (exact) mass is 516 g/mol. The van der Waals surface area contributed by atoms with E-state index in [4.69, 9.17) is 16.3 Å². The number of hydrogen-bond acceptors (Lipinski definition) is 3. The predicted molar refractivity (Wildman–Crippen MR) is 125 cm³/mol. The highest BCUT2D eigenvalue weighted by Crippen LogP contribution is 2.16. The molecule has 8 heteroatoms. The van der Waals surface area contributed by atoms with Crippen LogP contribution in [-0.4, -0.2) is 44.7 Å². The highest BCUT2D eigenvalue weighted by molar-refractivity contribution is 14.0. The van der Waals surface area contributed by atoms with E-state index in [1.807, 2.05) is 37.3 Å². The summed E-state index contributed by atoms with van der Waals surface area (Å²) in [5, 5.41) is 9.89. The number of amides is 1. The van der Waals surface area contributed by atoms with Crippen molar-refractivity contribution < 1.29 is 9.53 Å². The van der Waals surface area contributed by atoms with Gasteiger partial charge in [0.2, 0.25) is 0 Å². The van der Waals surface area contributed by atoms with Crippen LogP contribution in [-0.2, 0) is 0 Å². The fourth-order valence-electron chi connectivity index (χ4n) is 2.30. The molecule has 0 aliphatic rings. The quantitative estimate of drug-likeness (QED) is 0.218. The predicted octanol–water partition coefficient (Wildman–Crippen LogP) is 3.32. The molecule has 2 aromatic carbocycles. The summed E-state index contributed by atoms with van der Waals surface area (Å²) in [6, 6.07) is 16.4. The van der Waals surface area contributed by atoms with Crippen LogP contribution >= 0.6 is 35.6 Å². The first-order valence-electron chi connectivity index (χ1n) is 8.78. The van der Waals surface area contributed by atoms with Gasteiger partial charge in [0.05, 0.1) is 6.54 Å². The molecule has 0 fully saturated rings. The zero-order chi connectivity index (χ0) is 19.5. The van der Waals surface area contributed by atoms with Gasteiger partial charge in [0.25, 0.3) is 5.91 Å². The minimum absolute atomic E-state index is 0. The maximum atomic E-state index is 12.0. The standard InChI is InChI=1S/C20H25ClN4O2.HI/c1-15(27-18-10-8-17(21)9-11-18)14-25-20(22-2)24-13-12-23-19(26)16-6-4-3-5-7-16;/h3-11,15H,12-14H2,1-2H3,(H,23,26)(H2,22,24,25);1H. The van der Waals surface area contributed by atoms with Crippen molar-refractivity contribution in [3.05, 3.63) is 65.2 Å². The van der Waals surface area contributed by atoms with Crippen LogP contribution in [0.1, 0.15) is 17.3 Å². The van der Waals surface area contributed by atoms with Crippen LogP contribution in [0.2, 0.25) is 5.02 Å². The van der Waals surface area contributed by atoms with Crippen LogP contribution in [0, 0.1) is 0 Å². The summed E-state index contributed by atoms with van der Waals surface area (Å²) in [4.78, 5) is 16.1. The summed E-state index contributed by atoms with van der Waals surface area (Å²) < 4.78 is 5.81. The van der Waals surface area contributed by atoms with Crippen LogP contribution in [0.15, 0.2) is 59.6 Å². The molecule has 0 aliphatic heterocycles. The highest BCUT2D eigenvalue weighted by atomic mass is 127. The van der Waals surface area contributed by atoms with Gasteiger partial charge >= 0.3 is 0 Å². The van der Waals surface area contributed by atoms with Gasteiger partial charge in [-0.1, -0.05) is 29.8 Å². The molecule has 6 nitrogen and oxygen atoms in total. The molecule has 0 bridgehead atoms. The van der Waals surface area contributed by atoms with Gasteiger partial charge in [-0.3, -0.25) is 9.79 Å². The molecule has 0 saturated carbocycles. The number of nitrogens with zero attached hydrogens (tertiary/aromatic N) is 1. The highest BCUT2D eigenvalue weighted by Gasteiger charge is 2.06. The van der Waals surface area contributed by atoms with Gasteiger partial charge in [0.15, 0.2) is 5.96 Å². The first-order chi connectivity index (χ1) is 13.1. The molecule has 152 valence electrons. The second-order valence-corrected chi connectivity index (χ2v) is 6.32. The second kappa shape index (κ2) is 13.2. The minimum atomic E-state index is -0.0923. The Labute approximate surface area is 188 Å². The number of halogens is 2. The maximum Gasteiger partial charge on any atom is 0.251 e. The fraction of sp³-hybridized carbons (Fsp3) is 0.300. The Bertz CT molecular complexity index is 742. The molecule has 2 aromatic rings. The summed E-state index contributed by atoms with van der Waals surface area (Å²) in [6.45, 7) is 3.60. The van der Waals surface area contributed by atoms with Crippen molar-refractivity contribution in [3.8, 4) is 5.75 Å². The smallest absolute Gasteiger partial charge is 0.251 e. The number of nitrogens with one attached hydrogen (secondary N) is 3. The Morgan fingerprint density at radius 2 is 1.68 bits per heavy atom. The third-order valence-corrected chi connectivity index (χ3v) is 3.92. The third kappa shape index (κ3) is 8.79. The van der Waals surface area contributed by atoms with E-state index >= 15 is 0 Å². The Morgan fingerprint density at radius 1 is 1.04 bits per heavy atom. The van der Waals surface area contributed by atoms with Gasteiger partial charge in [-0.15, -0.1) is 24.0 Å². The van der Waals surface area contributed by atoms with Gasteiger partial charge < -0.3 is 20.7 Å². The van der Waals surface area contributed by atoms with Crippen molar-refractivity contribution in [2.24, 2.45) is 4.99 Å². The van der Waals surface area contributed by atoms with Crippen molar-refractivity contribution in [1.29, 1.82) is 0 Å². The third-order valence-electron chi connectivity index (χ3n) is 3.67. The fourth-order valence-corrected chi connectivity index (χ4v) is 2.42. The van der Waals surface area contributed by atoms with Crippen LogP contribution in [0.4, 0.5) is 0 Å². The molecule has 28 heavy (non-hydrogen) atoms. The summed E-state index contributed by atoms with van der Waals surface area (Å²) in [5.41, 5.74) is 0.646. The van der Waals surface area contributed by atoms with Crippen molar-refractivity contribution >= 4 is 47.4 Å². The molecule has 1 atom stereocenters. The SMILES string of the molecule is CN=C(NCCNC(=O)c1ccccc1)NCC(C)Oc1ccc(Cl)cc1.I.